The highest BCUT2D eigenvalue weighted by Gasteiger charge is 2.40. The van der Waals surface area contributed by atoms with E-state index in [0.29, 0.717) is 21.9 Å². The number of hydrogen-bond acceptors (Lipinski definition) is 4. The second kappa shape index (κ2) is 6.37. The molecule has 2 aromatic carbocycles. The summed E-state index contributed by atoms with van der Waals surface area (Å²) in [4.78, 5) is 24.1. The summed E-state index contributed by atoms with van der Waals surface area (Å²) in [5.41, 5.74) is 0.944. The van der Waals surface area contributed by atoms with Crippen molar-refractivity contribution in [1.29, 1.82) is 0 Å². The van der Waals surface area contributed by atoms with Crippen LogP contribution in [0.25, 0.3) is 5.76 Å². The summed E-state index contributed by atoms with van der Waals surface area (Å²) in [7, 11) is 1.53. The van der Waals surface area contributed by atoms with Gasteiger partial charge in [-0.1, -0.05) is 29.8 Å². The van der Waals surface area contributed by atoms with Crippen molar-refractivity contribution in [3.8, 4) is 5.75 Å². The number of carbonyl (C=O) groups excluding carboxylic acids is 2. The second-order valence-electron chi connectivity index (χ2n) is 5.25. The predicted molar refractivity (Wildman–Crippen MR) is 89.9 cm³/mol. The number of hydrogen-bond donors (Lipinski definition) is 2. The average molecular weight is 344 g/mol. The van der Waals surface area contributed by atoms with E-state index in [2.05, 4.69) is 5.32 Å². The molecule has 2 aromatic rings. The van der Waals surface area contributed by atoms with Crippen LogP contribution in [0.4, 0.5) is 0 Å². The number of rotatable bonds is 3. The number of ketones is 1. The number of nitrogens with one attached hydrogen (secondary N) is 1. The summed E-state index contributed by atoms with van der Waals surface area (Å²) in [5.74, 6) is -1.18. The Labute approximate surface area is 143 Å². The summed E-state index contributed by atoms with van der Waals surface area (Å²) in [5, 5.41) is 13.5. The second-order valence-corrected chi connectivity index (χ2v) is 5.66. The fourth-order valence-corrected chi connectivity index (χ4v) is 2.86. The van der Waals surface area contributed by atoms with Gasteiger partial charge in [0, 0.05) is 10.6 Å². The van der Waals surface area contributed by atoms with Crippen LogP contribution in [-0.4, -0.2) is 23.9 Å². The first-order valence-corrected chi connectivity index (χ1v) is 7.58. The Bertz CT molecular complexity index is 842. The number of aliphatic hydroxyl groups is 1. The van der Waals surface area contributed by atoms with E-state index in [0.717, 1.165) is 0 Å². The van der Waals surface area contributed by atoms with E-state index in [4.69, 9.17) is 16.3 Å². The molecule has 1 saturated heterocycles. The molecule has 1 amide bonds. The molecule has 0 saturated carbocycles. The molecular weight excluding hydrogens is 330 g/mol. The van der Waals surface area contributed by atoms with Crippen molar-refractivity contribution in [2.75, 3.05) is 7.11 Å². The average Bonchev–Trinajstić information content (AvgIpc) is 2.90. The molecule has 0 radical (unpaired) electrons. The highest BCUT2D eigenvalue weighted by atomic mass is 35.5. The number of ether oxygens (including phenoxy) is 1. The molecule has 1 aliphatic heterocycles. The van der Waals surface area contributed by atoms with Gasteiger partial charge >= 0.3 is 0 Å². The van der Waals surface area contributed by atoms with Crippen LogP contribution in [0.5, 0.6) is 5.75 Å². The van der Waals surface area contributed by atoms with Crippen LogP contribution in [0.2, 0.25) is 5.02 Å². The van der Waals surface area contributed by atoms with Crippen LogP contribution in [0.1, 0.15) is 17.2 Å². The van der Waals surface area contributed by atoms with Gasteiger partial charge in [0.1, 0.15) is 11.5 Å². The van der Waals surface area contributed by atoms with E-state index in [9.17, 15) is 14.7 Å². The van der Waals surface area contributed by atoms with Gasteiger partial charge in [0.25, 0.3) is 11.7 Å². The minimum atomic E-state index is -0.791. The first-order valence-electron chi connectivity index (χ1n) is 7.20. The Morgan fingerprint density at radius 3 is 2.42 bits per heavy atom. The molecule has 0 aromatic heterocycles. The van der Waals surface area contributed by atoms with E-state index in [1.165, 1.54) is 7.11 Å². The Hall–Kier alpha value is -2.79. The molecule has 1 heterocycles. The number of Topliss-reactive ketones (excluding diaryl/α,β-unsaturated/α-hetero) is 1. The third-order valence-electron chi connectivity index (χ3n) is 3.85. The van der Waals surface area contributed by atoms with E-state index < -0.39 is 17.7 Å². The number of amides is 1. The molecule has 6 heteroatoms. The summed E-state index contributed by atoms with van der Waals surface area (Å²) >= 11 is 6.17. The number of aliphatic hydroxyl groups excluding tert-OH is 1. The minimum absolute atomic E-state index is 0.0155. The zero-order valence-corrected chi connectivity index (χ0v) is 13.5. The van der Waals surface area contributed by atoms with Gasteiger partial charge in [0.05, 0.1) is 18.7 Å². The monoisotopic (exact) mass is 343 g/mol. The Morgan fingerprint density at radius 1 is 1.12 bits per heavy atom. The fraction of sp³-hybridized carbons (Fsp3) is 0.111. The van der Waals surface area contributed by atoms with Crippen LogP contribution in [-0.2, 0) is 9.59 Å². The van der Waals surface area contributed by atoms with Crippen molar-refractivity contribution in [2.45, 2.75) is 6.04 Å². The molecule has 3 rings (SSSR count). The van der Waals surface area contributed by atoms with Gasteiger partial charge in [-0.15, -0.1) is 0 Å². The third kappa shape index (κ3) is 2.74. The molecule has 1 aliphatic rings. The Morgan fingerprint density at radius 2 is 1.79 bits per heavy atom. The van der Waals surface area contributed by atoms with E-state index in [-0.39, 0.29) is 11.3 Å². The summed E-state index contributed by atoms with van der Waals surface area (Å²) < 4.78 is 5.07. The highest BCUT2D eigenvalue weighted by molar-refractivity contribution is 6.47. The molecule has 0 spiro atoms. The molecular formula is C18H14ClNO4. The maximum absolute atomic E-state index is 12.2. The van der Waals surface area contributed by atoms with Crippen LogP contribution in [0, 0.1) is 0 Å². The summed E-state index contributed by atoms with van der Waals surface area (Å²) in [6.45, 7) is 0. The SMILES string of the molecule is COc1ccc(/C(O)=C2/C(=O)C(=O)NC2c2ccccc2Cl)cc1. The lowest BCUT2D eigenvalue weighted by Gasteiger charge is -2.15. The molecule has 2 N–H and O–H groups in total. The lowest BCUT2D eigenvalue weighted by Crippen LogP contribution is -2.21. The number of carbonyl (C=O) groups is 2. The first-order chi connectivity index (χ1) is 11.5. The van der Waals surface area contributed by atoms with Gasteiger partial charge in [0.15, 0.2) is 0 Å². The molecule has 1 atom stereocenters. The van der Waals surface area contributed by atoms with Crippen LogP contribution >= 0.6 is 11.6 Å². The van der Waals surface area contributed by atoms with Crippen molar-refractivity contribution < 1.29 is 19.4 Å². The number of halogens is 1. The number of methoxy groups -OCH3 is 1. The van der Waals surface area contributed by atoms with Crippen molar-refractivity contribution in [3.63, 3.8) is 0 Å². The maximum atomic E-state index is 12.2. The third-order valence-corrected chi connectivity index (χ3v) is 4.19. The lowest BCUT2D eigenvalue weighted by molar-refractivity contribution is -0.133. The Kier molecular flexibility index (Phi) is 4.27. The largest absolute Gasteiger partial charge is 0.507 e. The minimum Gasteiger partial charge on any atom is -0.507 e. The highest BCUT2D eigenvalue weighted by Crippen LogP contribution is 2.36. The molecule has 5 nitrogen and oxygen atoms in total. The smallest absolute Gasteiger partial charge is 0.293 e. The number of benzene rings is 2. The fourth-order valence-electron chi connectivity index (χ4n) is 2.61. The van der Waals surface area contributed by atoms with Crippen molar-refractivity contribution >= 4 is 29.1 Å². The normalized spacial score (nSPS) is 19.2. The van der Waals surface area contributed by atoms with Gasteiger partial charge in [0.2, 0.25) is 0 Å². The van der Waals surface area contributed by atoms with Crippen LogP contribution in [0.3, 0.4) is 0 Å². The zero-order chi connectivity index (χ0) is 17.3. The quantitative estimate of drug-likeness (QED) is 0.510. The molecule has 1 fully saturated rings. The standard InChI is InChI=1S/C18H14ClNO4/c1-24-11-8-6-10(7-9-11)16(21)14-15(20-18(23)17(14)22)12-4-2-3-5-13(12)19/h2-9,15,21H,1H3,(H,20,23)/b16-14-. The van der Waals surface area contributed by atoms with Crippen LogP contribution in [0.15, 0.2) is 54.1 Å². The lowest BCUT2D eigenvalue weighted by atomic mass is 9.96. The van der Waals surface area contributed by atoms with E-state index in [1.807, 2.05) is 0 Å². The molecule has 24 heavy (non-hydrogen) atoms. The first kappa shape index (κ1) is 16.1. The van der Waals surface area contributed by atoms with Gasteiger partial charge in [-0.25, -0.2) is 0 Å². The van der Waals surface area contributed by atoms with Crippen molar-refractivity contribution in [3.05, 3.63) is 70.3 Å². The van der Waals surface area contributed by atoms with Gasteiger partial charge < -0.3 is 15.2 Å². The molecule has 122 valence electrons. The summed E-state index contributed by atoms with van der Waals surface area (Å²) in [6, 6.07) is 12.6. The molecule has 0 aliphatic carbocycles. The van der Waals surface area contributed by atoms with Crippen LogP contribution < -0.4 is 10.1 Å². The van der Waals surface area contributed by atoms with Gasteiger partial charge in [-0.2, -0.15) is 0 Å². The van der Waals surface area contributed by atoms with E-state index in [1.54, 1.807) is 48.5 Å². The molecule has 0 bridgehead atoms. The van der Waals surface area contributed by atoms with Gasteiger partial charge in [-0.05, 0) is 35.9 Å². The van der Waals surface area contributed by atoms with E-state index >= 15 is 0 Å². The van der Waals surface area contributed by atoms with Gasteiger partial charge in [-0.3, -0.25) is 9.59 Å². The maximum Gasteiger partial charge on any atom is 0.293 e. The zero-order valence-electron chi connectivity index (χ0n) is 12.7. The Balaban J connectivity index is 2.11. The summed E-state index contributed by atoms with van der Waals surface area (Å²) in [6.07, 6.45) is 0. The molecule has 1 unspecified atom stereocenters. The topological polar surface area (TPSA) is 75.6 Å². The van der Waals surface area contributed by atoms with Crippen molar-refractivity contribution in [2.24, 2.45) is 0 Å². The van der Waals surface area contributed by atoms with Crippen molar-refractivity contribution in [1.82, 2.24) is 5.32 Å². The predicted octanol–water partition coefficient (Wildman–Crippen LogP) is 3.06.